The zero-order chi connectivity index (χ0) is 25.5. The van der Waals surface area contributed by atoms with Gasteiger partial charge >= 0.3 is 11.9 Å². The number of benzene rings is 1. The van der Waals surface area contributed by atoms with Gasteiger partial charge in [0.1, 0.15) is 4.90 Å². The smallest absolute Gasteiger partial charge is 0.337 e. The van der Waals surface area contributed by atoms with Gasteiger partial charge in [-0.2, -0.15) is 8.42 Å². The molecule has 7 nitrogen and oxygen atoms in total. The summed E-state index contributed by atoms with van der Waals surface area (Å²) in [6, 6.07) is 2.84. The number of rotatable bonds is 15. The third kappa shape index (κ3) is 11.5. The van der Waals surface area contributed by atoms with Crippen molar-refractivity contribution in [2.24, 2.45) is 0 Å². The predicted octanol–water partition coefficient (Wildman–Crippen LogP) is 6.53. The van der Waals surface area contributed by atoms with Crippen LogP contribution in [0, 0.1) is 0 Å². The van der Waals surface area contributed by atoms with E-state index in [0.29, 0.717) is 0 Å². The van der Waals surface area contributed by atoms with Crippen LogP contribution in [0.4, 0.5) is 0 Å². The lowest BCUT2D eigenvalue weighted by molar-refractivity contribution is 0.0688. The number of unbranched alkanes of at least 4 members (excludes halogenated alkanes) is 4. The Kier molecular flexibility index (Phi) is 15.4. The van der Waals surface area contributed by atoms with Crippen molar-refractivity contribution >= 4 is 29.3 Å². The topological polar surface area (TPSA) is 129 Å². The lowest BCUT2D eigenvalue weighted by Crippen LogP contribution is -2.14. The highest BCUT2D eigenvalue weighted by Crippen LogP contribution is 2.61. The number of carboxylic acid groups (broad SMARTS) is 2. The van der Waals surface area contributed by atoms with Crippen LogP contribution in [0.1, 0.15) is 99.8 Å². The predicted molar refractivity (Wildman–Crippen MR) is 136 cm³/mol. The Balaban J connectivity index is 0.000000621. The zero-order valence-corrected chi connectivity index (χ0v) is 22.3. The van der Waals surface area contributed by atoms with Gasteiger partial charge in [-0.3, -0.25) is 4.55 Å². The molecular weight excluding hydrogens is 463 g/mol. The number of carboxylic acids is 2. The molecule has 0 atom stereocenters. The van der Waals surface area contributed by atoms with Gasteiger partial charge in [0.15, 0.2) is 0 Å². The second kappa shape index (κ2) is 16.2. The molecule has 0 spiro atoms. The molecule has 0 aliphatic heterocycles. The van der Waals surface area contributed by atoms with E-state index >= 15 is 0 Å². The van der Waals surface area contributed by atoms with Crippen LogP contribution in [-0.4, -0.2) is 59.8 Å². The second-order valence-electron chi connectivity index (χ2n) is 8.42. The maximum Gasteiger partial charge on any atom is 0.337 e. The molecule has 3 N–H and O–H groups in total. The molecule has 190 valence electrons. The summed E-state index contributed by atoms with van der Waals surface area (Å²) in [4.78, 5) is 20.2. The van der Waals surface area contributed by atoms with Gasteiger partial charge in [0.2, 0.25) is 0 Å². The maximum absolute atomic E-state index is 10.9. The van der Waals surface area contributed by atoms with E-state index < -0.39 is 45.3 Å². The first-order valence-corrected chi connectivity index (χ1v) is 15.9. The molecule has 0 radical (unpaired) electrons. The van der Waals surface area contributed by atoms with E-state index in [-0.39, 0.29) is 0 Å². The molecule has 0 aromatic heterocycles. The molecule has 0 heterocycles. The van der Waals surface area contributed by atoms with Gasteiger partial charge in [0, 0.05) is 7.26 Å². The van der Waals surface area contributed by atoms with Crippen LogP contribution < -0.4 is 0 Å². The summed E-state index contributed by atoms with van der Waals surface area (Å²) in [7, 11) is -5.48. The molecule has 0 saturated carbocycles. The summed E-state index contributed by atoms with van der Waals surface area (Å²) in [5.41, 5.74) is -1.58. The third-order valence-electron chi connectivity index (χ3n) is 5.68. The molecule has 0 fully saturated rings. The molecule has 0 aliphatic rings. The van der Waals surface area contributed by atoms with Crippen molar-refractivity contribution in [1.29, 1.82) is 0 Å². The quantitative estimate of drug-likeness (QED) is 0.182. The number of hydrogen-bond donors (Lipinski definition) is 3. The highest BCUT2D eigenvalue weighted by Gasteiger charge is 2.34. The first-order chi connectivity index (χ1) is 15.5. The summed E-state index contributed by atoms with van der Waals surface area (Å²) in [5.74, 6) is -3.29. The molecular formula is C24H42O7PS+. The fourth-order valence-corrected chi connectivity index (χ4v) is 9.95. The van der Waals surface area contributed by atoms with Crippen molar-refractivity contribution in [3.8, 4) is 0 Å². The van der Waals surface area contributed by atoms with E-state index in [2.05, 4.69) is 27.7 Å². The second-order valence-corrected chi connectivity index (χ2v) is 14.2. The minimum atomic E-state index is -4.92. The van der Waals surface area contributed by atoms with Crippen molar-refractivity contribution < 1.29 is 32.8 Å². The molecule has 33 heavy (non-hydrogen) atoms. The monoisotopic (exact) mass is 505 g/mol. The molecule has 0 unspecified atom stereocenters. The standard InChI is InChI=1S/C16H36P.C8H6O7S/c1-5-9-13-17(14-10-6-2,15-11-7-3)16-12-8-4;9-7(10)4-2-1-3-5(8(11)12)6(4)16(13,14)15/h5-16H2,1-4H3;1-3H,(H,9,10)(H,11,12)(H,13,14,15)/q+1;. The molecule has 1 aromatic carbocycles. The van der Waals surface area contributed by atoms with Gasteiger partial charge < -0.3 is 10.2 Å². The summed E-state index contributed by atoms with van der Waals surface area (Å²) < 4.78 is 30.6. The average molecular weight is 506 g/mol. The van der Waals surface area contributed by atoms with Gasteiger partial charge in [-0.1, -0.05) is 59.4 Å². The number of hydrogen-bond acceptors (Lipinski definition) is 4. The first kappa shape index (κ1) is 31.5. The largest absolute Gasteiger partial charge is 0.478 e. The van der Waals surface area contributed by atoms with Gasteiger partial charge in [0.25, 0.3) is 10.1 Å². The van der Waals surface area contributed by atoms with E-state index in [1.54, 1.807) is 24.6 Å². The SMILES string of the molecule is CCCC[P+](CCCC)(CCCC)CCCC.O=C(O)c1cccc(C(=O)O)c1S(=O)(=O)O. The van der Waals surface area contributed by atoms with Crippen LogP contribution in [0.25, 0.3) is 0 Å². The van der Waals surface area contributed by atoms with Gasteiger partial charge in [0.05, 0.1) is 35.8 Å². The molecule has 9 heteroatoms. The minimum Gasteiger partial charge on any atom is -0.478 e. The summed E-state index contributed by atoms with van der Waals surface area (Å²) in [6.45, 7) is 9.42. The van der Waals surface area contributed by atoms with Crippen molar-refractivity contribution in [1.82, 2.24) is 0 Å². The van der Waals surface area contributed by atoms with E-state index in [1.165, 1.54) is 51.4 Å². The van der Waals surface area contributed by atoms with Crippen LogP contribution >= 0.6 is 7.26 Å². The van der Waals surface area contributed by atoms with Crippen LogP contribution in [0.15, 0.2) is 23.1 Å². The Morgan fingerprint density at radius 3 is 1.24 bits per heavy atom. The fraction of sp³-hybridized carbons (Fsp3) is 0.667. The van der Waals surface area contributed by atoms with Crippen LogP contribution in [-0.2, 0) is 10.1 Å². The third-order valence-corrected chi connectivity index (χ3v) is 11.7. The fourth-order valence-electron chi connectivity index (χ4n) is 3.80. The lowest BCUT2D eigenvalue weighted by atomic mass is 10.1. The Labute approximate surface area is 200 Å². The molecule has 1 rings (SSSR count). The van der Waals surface area contributed by atoms with E-state index in [4.69, 9.17) is 14.8 Å². The highest BCUT2D eigenvalue weighted by atomic mass is 32.2. The van der Waals surface area contributed by atoms with Crippen LogP contribution in [0.3, 0.4) is 0 Å². The normalized spacial score (nSPS) is 11.5. The molecule has 0 aliphatic carbocycles. The number of aromatic carboxylic acids is 2. The number of carbonyl (C=O) groups is 2. The summed E-state index contributed by atoms with van der Waals surface area (Å²) >= 11 is 0. The van der Waals surface area contributed by atoms with E-state index in [9.17, 15) is 18.0 Å². The zero-order valence-electron chi connectivity index (χ0n) is 20.5. The van der Waals surface area contributed by atoms with Gasteiger partial charge in [-0.25, -0.2) is 9.59 Å². The van der Waals surface area contributed by atoms with Crippen LogP contribution in [0.5, 0.6) is 0 Å². The summed E-state index contributed by atoms with van der Waals surface area (Å²) in [6.07, 6.45) is 17.9. The maximum atomic E-state index is 10.9. The van der Waals surface area contributed by atoms with E-state index in [1.807, 2.05) is 0 Å². The lowest BCUT2D eigenvalue weighted by Gasteiger charge is -2.28. The van der Waals surface area contributed by atoms with E-state index in [0.717, 1.165) is 18.2 Å². The highest BCUT2D eigenvalue weighted by molar-refractivity contribution is 7.86. The molecule has 0 saturated heterocycles. The van der Waals surface area contributed by atoms with Crippen molar-refractivity contribution in [2.45, 2.75) is 84.0 Å². The van der Waals surface area contributed by atoms with Crippen LogP contribution in [0.2, 0.25) is 0 Å². The molecule has 0 amide bonds. The molecule has 0 bridgehead atoms. The van der Waals surface area contributed by atoms with Crippen molar-refractivity contribution in [3.63, 3.8) is 0 Å². The summed E-state index contributed by atoms with van der Waals surface area (Å²) in [5, 5.41) is 17.3. The van der Waals surface area contributed by atoms with Crippen molar-refractivity contribution in [2.75, 3.05) is 24.6 Å². The van der Waals surface area contributed by atoms with Crippen molar-refractivity contribution in [3.05, 3.63) is 29.3 Å². The Morgan fingerprint density at radius 1 is 0.727 bits per heavy atom. The Hall–Kier alpha value is -1.50. The Morgan fingerprint density at radius 2 is 1.03 bits per heavy atom. The minimum absolute atomic E-state index is 0.562. The van der Waals surface area contributed by atoms with Gasteiger partial charge in [-0.05, 0) is 37.8 Å². The first-order valence-electron chi connectivity index (χ1n) is 11.9. The average Bonchev–Trinajstić information content (AvgIpc) is 2.77. The Bertz CT molecular complexity index is 767. The molecule has 1 aromatic rings. The van der Waals surface area contributed by atoms with Gasteiger partial charge in [-0.15, -0.1) is 0 Å².